The third-order valence-electron chi connectivity index (χ3n) is 3.21. The van der Waals surface area contributed by atoms with Crippen LogP contribution in [-0.4, -0.2) is 6.04 Å². The first-order valence-electron chi connectivity index (χ1n) is 6.52. The average molecular weight is 318 g/mol. The molecule has 2 rings (SSSR count). The van der Waals surface area contributed by atoms with E-state index in [1.165, 1.54) is 6.07 Å². The molecule has 0 amide bonds. The first-order chi connectivity index (χ1) is 9.81. The van der Waals surface area contributed by atoms with Crippen LogP contribution in [0, 0.1) is 0 Å². The Morgan fingerprint density at radius 3 is 2.52 bits per heavy atom. The van der Waals surface area contributed by atoms with Crippen molar-refractivity contribution < 1.29 is 17.6 Å². The van der Waals surface area contributed by atoms with E-state index in [-0.39, 0.29) is 11.1 Å². The molecule has 0 saturated carbocycles. The molecule has 0 saturated heterocycles. The Labute approximate surface area is 125 Å². The number of hydrogen-bond acceptors (Lipinski definition) is 2. The summed E-state index contributed by atoms with van der Waals surface area (Å²) >= 11 is 5.93. The Hall–Kier alpha value is -1.46. The van der Waals surface area contributed by atoms with Crippen molar-refractivity contribution >= 4 is 11.6 Å². The molecule has 0 aliphatic heterocycles. The van der Waals surface area contributed by atoms with Gasteiger partial charge in [0, 0.05) is 18.0 Å². The zero-order chi connectivity index (χ0) is 15.6. The van der Waals surface area contributed by atoms with Gasteiger partial charge in [0.2, 0.25) is 0 Å². The molecule has 0 aliphatic rings. The summed E-state index contributed by atoms with van der Waals surface area (Å²) in [6.07, 6.45) is -3.02. The van der Waals surface area contributed by atoms with Gasteiger partial charge < -0.3 is 10.2 Å². The second kappa shape index (κ2) is 6.12. The maximum atomic E-state index is 12.6. The lowest BCUT2D eigenvalue weighted by Gasteiger charge is -2.09. The summed E-state index contributed by atoms with van der Waals surface area (Å²) in [5.74, 6) is 1.13. The fourth-order valence-corrected chi connectivity index (χ4v) is 2.20. The average Bonchev–Trinajstić information content (AvgIpc) is 2.85. The third kappa shape index (κ3) is 3.80. The zero-order valence-electron chi connectivity index (χ0n) is 11.4. The SMILES string of the molecule is CCC(N)Cc1ccc(-c2ccc(C(F)(F)F)cc2Cl)o1. The largest absolute Gasteiger partial charge is 0.461 e. The van der Waals surface area contributed by atoms with Crippen LogP contribution in [0.4, 0.5) is 13.2 Å². The van der Waals surface area contributed by atoms with Crippen LogP contribution in [0.2, 0.25) is 5.02 Å². The molecular formula is C15H15ClF3NO. The first-order valence-corrected chi connectivity index (χ1v) is 6.90. The van der Waals surface area contributed by atoms with E-state index in [2.05, 4.69) is 0 Å². The molecule has 1 atom stereocenters. The Bertz CT molecular complexity index is 622. The molecule has 0 spiro atoms. The Balaban J connectivity index is 2.27. The van der Waals surface area contributed by atoms with E-state index in [0.29, 0.717) is 23.5 Å². The van der Waals surface area contributed by atoms with Gasteiger partial charge in [-0.3, -0.25) is 0 Å². The minimum absolute atomic E-state index is 0.00511. The molecule has 2 nitrogen and oxygen atoms in total. The van der Waals surface area contributed by atoms with Crippen molar-refractivity contribution in [2.75, 3.05) is 0 Å². The standard InChI is InChI=1S/C15H15ClF3NO/c1-2-10(20)8-11-4-6-14(21-11)12-5-3-9(7-13(12)16)15(17,18)19/h3-7,10H,2,8,20H2,1H3. The highest BCUT2D eigenvalue weighted by molar-refractivity contribution is 6.33. The number of halogens is 4. The van der Waals surface area contributed by atoms with Crippen molar-refractivity contribution in [3.05, 3.63) is 46.7 Å². The van der Waals surface area contributed by atoms with Gasteiger partial charge in [-0.25, -0.2) is 0 Å². The molecule has 2 N–H and O–H groups in total. The lowest BCUT2D eigenvalue weighted by atomic mass is 10.1. The third-order valence-corrected chi connectivity index (χ3v) is 3.52. The fourth-order valence-electron chi connectivity index (χ4n) is 1.93. The molecule has 0 fully saturated rings. The van der Waals surface area contributed by atoms with Gasteiger partial charge in [0.1, 0.15) is 11.5 Å². The predicted octanol–water partition coefficient (Wildman–Crippen LogP) is 4.90. The molecule has 1 aromatic heterocycles. The van der Waals surface area contributed by atoms with E-state index in [0.717, 1.165) is 18.6 Å². The van der Waals surface area contributed by atoms with Crippen LogP contribution in [0.5, 0.6) is 0 Å². The highest BCUT2D eigenvalue weighted by Gasteiger charge is 2.31. The van der Waals surface area contributed by atoms with Crippen LogP contribution in [0.25, 0.3) is 11.3 Å². The van der Waals surface area contributed by atoms with E-state index in [9.17, 15) is 13.2 Å². The Kier molecular flexibility index (Phi) is 4.64. The molecule has 0 bridgehead atoms. The fraction of sp³-hybridized carbons (Fsp3) is 0.333. The van der Waals surface area contributed by atoms with Crippen LogP contribution < -0.4 is 5.73 Å². The van der Waals surface area contributed by atoms with E-state index in [1.54, 1.807) is 12.1 Å². The molecular weight excluding hydrogens is 303 g/mol. The van der Waals surface area contributed by atoms with Crippen LogP contribution in [0.3, 0.4) is 0 Å². The monoisotopic (exact) mass is 317 g/mol. The van der Waals surface area contributed by atoms with Gasteiger partial charge in [-0.15, -0.1) is 0 Å². The van der Waals surface area contributed by atoms with Gasteiger partial charge >= 0.3 is 6.18 Å². The molecule has 0 radical (unpaired) electrons. The summed E-state index contributed by atoms with van der Waals surface area (Å²) < 4.78 is 43.4. The highest BCUT2D eigenvalue weighted by atomic mass is 35.5. The van der Waals surface area contributed by atoms with Crippen LogP contribution in [-0.2, 0) is 12.6 Å². The summed E-state index contributed by atoms with van der Waals surface area (Å²) in [5.41, 5.74) is 5.49. The molecule has 1 heterocycles. The van der Waals surface area contributed by atoms with Crippen molar-refractivity contribution in [2.24, 2.45) is 5.73 Å². The van der Waals surface area contributed by atoms with Gasteiger partial charge in [0.05, 0.1) is 10.6 Å². The lowest BCUT2D eigenvalue weighted by molar-refractivity contribution is -0.137. The quantitative estimate of drug-likeness (QED) is 0.871. The molecule has 6 heteroatoms. The summed E-state index contributed by atoms with van der Waals surface area (Å²) in [7, 11) is 0. The second-order valence-corrected chi connectivity index (χ2v) is 5.24. The van der Waals surface area contributed by atoms with Crippen LogP contribution >= 0.6 is 11.6 Å². The van der Waals surface area contributed by atoms with Crippen LogP contribution in [0.15, 0.2) is 34.7 Å². The maximum Gasteiger partial charge on any atom is 0.416 e. The van der Waals surface area contributed by atoms with E-state index >= 15 is 0 Å². The lowest BCUT2D eigenvalue weighted by Crippen LogP contribution is -2.20. The molecule has 1 aromatic carbocycles. The zero-order valence-corrected chi connectivity index (χ0v) is 12.1. The van der Waals surface area contributed by atoms with Gasteiger partial charge in [-0.1, -0.05) is 18.5 Å². The summed E-state index contributed by atoms with van der Waals surface area (Å²) in [6, 6.07) is 6.64. The number of hydrogen-bond donors (Lipinski definition) is 1. The predicted molar refractivity (Wildman–Crippen MR) is 76.1 cm³/mol. The Morgan fingerprint density at radius 1 is 1.24 bits per heavy atom. The summed E-state index contributed by atoms with van der Waals surface area (Å²) in [4.78, 5) is 0. The first kappa shape index (κ1) is 15.9. The van der Waals surface area contributed by atoms with E-state index < -0.39 is 11.7 Å². The number of rotatable bonds is 4. The molecule has 114 valence electrons. The highest BCUT2D eigenvalue weighted by Crippen LogP contribution is 2.36. The molecule has 1 unspecified atom stereocenters. The summed E-state index contributed by atoms with van der Waals surface area (Å²) in [5, 5.41) is 0.00511. The molecule has 0 aliphatic carbocycles. The molecule has 2 aromatic rings. The molecule has 21 heavy (non-hydrogen) atoms. The normalized spacial score (nSPS) is 13.4. The van der Waals surface area contributed by atoms with Crippen LogP contribution in [0.1, 0.15) is 24.7 Å². The number of alkyl halides is 3. The van der Waals surface area contributed by atoms with Crippen molar-refractivity contribution in [1.29, 1.82) is 0 Å². The van der Waals surface area contributed by atoms with E-state index in [4.69, 9.17) is 21.8 Å². The summed E-state index contributed by atoms with van der Waals surface area (Å²) in [6.45, 7) is 1.97. The smallest absolute Gasteiger partial charge is 0.416 e. The number of nitrogens with two attached hydrogens (primary N) is 1. The van der Waals surface area contributed by atoms with Crippen molar-refractivity contribution in [2.45, 2.75) is 32.0 Å². The van der Waals surface area contributed by atoms with Crippen molar-refractivity contribution in [3.63, 3.8) is 0 Å². The van der Waals surface area contributed by atoms with E-state index in [1.807, 2.05) is 6.92 Å². The van der Waals surface area contributed by atoms with Crippen molar-refractivity contribution in [3.8, 4) is 11.3 Å². The topological polar surface area (TPSA) is 39.2 Å². The van der Waals surface area contributed by atoms with Crippen molar-refractivity contribution in [1.82, 2.24) is 0 Å². The maximum absolute atomic E-state index is 12.6. The minimum Gasteiger partial charge on any atom is -0.461 e. The minimum atomic E-state index is -4.41. The van der Waals surface area contributed by atoms with Gasteiger partial charge in [-0.05, 0) is 36.8 Å². The Morgan fingerprint density at radius 2 is 1.95 bits per heavy atom. The van der Waals surface area contributed by atoms with Gasteiger partial charge in [0.15, 0.2) is 0 Å². The number of furan rings is 1. The number of benzene rings is 1. The van der Waals surface area contributed by atoms with Gasteiger partial charge in [-0.2, -0.15) is 13.2 Å². The second-order valence-electron chi connectivity index (χ2n) is 4.83. The van der Waals surface area contributed by atoms with Gasteiger partial charge in [0.25, 0.3) is 0 Å².